The molecule has 0 fully saturated rings. The van der Waals surface area contributed by atoms with Gasteiger partial charge < -0.3 is 5.32 Å². The maximum Gasteiger partial charge on any atom is 0.220 e. The molecule has 0 saturated carbocycles. The van der Waals surface area contributed by atoms with Gasteiger partial charge in [-0.2, -0.15) is 0 Å². The summed E-state index contributed by atoms with van der Waals surface area (Å²) in [7, 11) is 0. The lowest BCUT2D eigenvalue weighted by Gasteiger charge is -2.15. The van der Waals surface area contributed by atoms with Gasteiger partial charge in [0.2, 0.25) is 5.91 Å². The molecule has 0 radical (unpaired) electrons. The van der Waals surface area contributed by atoms with Crippen LogP contribution in [0, 0.1) is 5.92 Å². The number of carbonyl (C=O) groups excluding carboxylic acids is 1. The van der Waals surface area contributed by atoms with Crippen LogP contribution in [-0.4, -0.2) is 18.2 Å². The van der Waals surface area contributed by atoms with Gasteiger partial charge in [-0.1, -0.05) is 44.7 Å². The highest BCUT2D eigenvalue weighted by Gasteiger charge is 2.08. The molecule has 0 aliphatic carbocycles. The first kappa shape index (κ1) is 18.4. The van der Waals surface area contributed by atoms with Gasteiger partial charge in [-0.25, -0.2) is 0 Å². The molecule has 0 bridgehead atoms. The fourth-order valence-corrected chi connectivity index (χ4v) is 3.06. The maximum absolute atomic E-state index is 11.8. The van der Waals surface area contributed by atoms with E-state index in [0.29, 0.717) is 12.3 Å². The first-order valence-electron chi connectivity index (χ1n) is 7.80. The predicted octanol–water partition coefficient (Wildman–Crippen LogP) is 5.15. The number of rotatable bonds is 10. The second-order valence-electron chi connectivity index (χ2n) is 5.27. The number of carbonyl (C=O) groups is 1. The molecule has 1 amide bonds. The average Bonchev–Trinajstić information content (AvgIpc) is 2.49. The smallest absolute Gasteiger partial charge is 0.220 e. The molecule has 21 heavy (non-hydrogen) atoms. The van der Waals surface area contributed by atoms with E-state index in [1.165, 1.54) is 19.3 Å². The van der Waals surface area contributed by atoms with Crippen molar-refractivity contribution in [1.29, 1.82) is 0 Å². The Morgan fingerprint density at radius 1 is 1.29 bits per heavy atom. The Kier molecular flexibility index (Phi) is 9.60. The van der Waals surface area contributed by atoms with E-state index in [1.807, 2.05) is 24.3 Å². The summed E-state index contributed by atoms with van der Waals surface area (Å²) in [6.07, 6.45) is 5.40. The van der Waals surface area contributed by atoms with Crippen molar-refractivity contribution in [3.8, 4) is 0 Å². The van der Waals surface area contributed by atoms with Crippen LogP contribution in [0.5, 0.6) is 0 Å². The summed E-state index contributed by atoms with van der Waals surface area (Å²) in [5.41, 5.74) is 0. The highest BCUT2D eigenvalue weighted by atomic mass is 35.5. The van der Waals surface area contributed by atoms with E-state index in [2.05, 4.69) is 19.2 Å². The number of hydrogen-bond acceptors (Lipinski definition) is 2. The lowest BCUT2D eigenvalue weighted by Crippen LogP contribution is -2.29. The molecule has 1 atom stereocenters. The lowest BCUT2D eigenvalue weighted by atomic mass is 9.99. The van der Waals surface area contributed by atoms with Crippen molar-refractivity contribution >= 4 is 29.3 Å². The van der Waals surface area contributed by atoms with E-state index >= 15 is 0 Å². The fourth-order valence-electron chi connectivity index (χ4n) is 2.08. The molecule has 0 spiro atoms. The summed E-state index contributed by atoms with van der Waals surface area (Å²) in [5.74, 6) is 1.59. The Morgan fingerprint density at radius 3 is 2.62 bits per heavy atom. The first-order valence-corrected chi connectivity index (χ1v) is 9.17. The van der Waals surface area contributed by atoms with Crippen LogP contribution in [0.15, 0.2) is 29.2 Å². The maximum atomic E-state index is 11.8. The molecule has 1 rings (SSSR count). The van der Waals surface area contributed by atoms with Gasteiger partial charge >= 0.3 is 0 Å². The van der Waals surface area contributed by atoms with Crippen molar-refractivity contribution in [3.63, 3.8) is 0 Å². The minimum Gasteiger partial charge on any atom is -0.356 e. The van der Waals surface area contributed by atoms with Gasteiger partial charge in [-0.3, -0.25) is 4.79 Å². The van der Waals surface area contributed by atoms with Crippen LogP contribution in [0.3, 0.4) is 0 Å². The van der Waals surface area contributed by atoms with Gasteiger partial charge in [0.25, 0.3) is 0 Å². The molecular weight excluding hydrogens is 302 g/mol. The lowest BCUT2D eigenvalue weighted by molar-refractivity contribution is -0.120. The number of benzene rings is 1. The van der Waals surface area contributed by atoms with Gasteiger partial charge in [0.1, 0.15) is 0 Å². The van der Waals surface area contributed by atoms with Crippen LogP contribution in [0.1, 0.15) is 46.0 Å². The van der Waals surface area contributed by atoms with Gasteiger partial charge in [-0.05, 0) is 36.6 Å². The molecule has 0 aliphatic rings. The summed E-state index contributed by atoms with van der Waals surface area (Å²) >= 11 is 7.54. The van der Waals surface area contributed by atoms with Crippen LogP contribution >= 0.6 is 23.4 Å². The van der Waals surface area contributed by atoms with Gasteiger partial charge in [0.05, 0.1) is 0 Å². The van der Waals surface area contributed by atoms with Crippen molar-refractivity contribution in [2.24, 2.45) is 5.92 Å². The highest BCUT2D eigenvalue weighted by Crippen LogP contribution is 2.20. The minimum absolute atomic E-state index is 0.159. The molecular formula is C17H26ClNOS. The number of hydrogen-bond donors (Lipinski definition) is 1. The summed E-state index contributed by atoms with van der Waals surface area (Å²) in [6, 6.07) is 7.73. The summed E-state index contributed by atoms with van der Waals surface area (Å²) in [6.45, 7) is 5.23. The van der Waals surface area contributed by atoms with Crippen molar-refractivity contribution in [2.75, 3.05) is 12.3 Å². The third-order valence-corrected chi connectivity index (χ3v) is 4.81. The summed E-state index contributed by atoms with van der Waals surface area (Å²) < 4.78 is 0. The van der Waals surface area contributed by atoms with Gasteiger partial charge in [0, 0.05) is 28.6 Å². The third-order valence-electron chi connectivity index (χ3n) is 3.54. The predicted molar refractivity (Wildman–Crippen MR) is 93.1 cm³/mol. The van der Waals surface area contributed by atoms with Crippen LogP contribution in [-0.2, 0) is 4.79 Å². The molecule has 1 unspecified atom stereocenters. The second-order valence-corrected chi connectivity index (χ2v) is 6.88. The third kappa shape index (κ3) is 8.37. The van der Waals surface area contributed by atoms with E-state index < -0.39 is 0 Å². The molecule has 0 saturated heterocycles. The molecule has 118 valence electrons. The first-order chi connectivity index (χ1) is 10.2. The van der Waals surface area contributed by atoms with E-state index in [4.69, 9.17) is 11.6 Å². The molecule has 0 aromatic heterocycles. The summed E-state index contributed by atoms with van der Waals surface area (Å²) in [4.78, 5) is 13.0. The van der Waals surface area contributed by atoms with Gasteiger partial charge in [0.15, 0.2) is 0 Å². The van der Waals surface area contributed by atoms with Crippen molar-refractivity contribution in [2.45, 2.75) is 50.8 Å². The number of halogens is 1. The zero-order valence-electron chi connectivity index (χ0n) is 13.0. The Hall–Kier alpha value is -0.670. The molecule has 0 heterocycles. The molecule has 1 N–H and O–H groups in total. The second kappa shape index (κ2) is 11.0. The van der Waals surface area contributed by atoms with E-state index in [-0.39, 0.29) is 5.91 Å². The van der Waals surface area contributed by atoms with Gasteiger partial charge in [-0.15, -0.1) is 11.8 Å². The molecule has 1 aromatic carbocycles. The Bertz CT molecular complexity index is 408. The molecule has 4 heteroatoms. The van der Waals surface area contributed by atoms with Crippen molar-refractivity contribution in [3.05, 3.63) is 29.3 Å². The van der Waals surface area contributed by atoms with Crippen LogP contribution in [0.2, 0.25) is 5.02 Å². The normalized spacial score (nSPS) is 12.1. The van der Waals surface area contributed by atoms with Crippen LogP contribution < -0.4 is 5.32 Å². The minimum atomic E-state index is 0.159. The van der Waals surface area contributed by atoms with E-state index in [0.717, 1.165) is 28.6 Å². The number of thioether (sulfide) groups is 1. The SMILES string of the molecule is CCCCC(CC)CNC(=O)CCSc1ccc(Cl)cc1. The topological polar surface area (TPSA) is 29.1 Å². The quantitative estimate of drug-likeness (QED) is 0.602. The monoisotopic (exact) mass is 327 g/mol. The van der Waals surface area contributed by atoms with E-state index in [9.17, 15) is 4.79 Å². The zero-order chi connectivity index (χ0) is 15.5. The average molecular weight is 328 g/mol. The Labute approximate surface area is 138 Å². The van der Waals surface area contributed by atoms with Crippen molar-refractivity contribution in [1.82, 2.24) is 5.32 Å². The van der Waals surface area contributed by atoms with Crippen LogP contribution in [0.25, 0.3) is 0 Å². The number of nitrogens with one attached hydrogen (secondary N) is 1. The molecule has 0 aliphatic heterocycles. The summed E-state index contributed by atoms with van der Waals surface area (Å²) in [5, 5.41) is 3.81. The van der Waals surface area contributed by atoms with Crippen molar-refractivity contribution < 1.29 is 4.79 Å². The number of amides is 1. The molecule has 2 nitrogen and oxygen atoms in total. The Balaban J connectivity index is 2.17. The van der Waals surface area contributed by atoms with E-state index in [1.54, 1.807) is 11.8 Å². The highest BCUT2D eigenvalue weighted by molar-refractivity contribution is 7.99. The fraction of sp³-hybridized carbons (Fsp3) is 0.588. The molecule has 1 aromatic rings. The van der Waals surface area contributed by atoms with Crippen LogP contribution in [0.4, 0.5) is 0 Å². The Morgan fingerprint density at radius 2 is 2.00 bits per heavy atom. The number of unbranched alkanes of at least 4 members (excludes halogenated alkanes) is 1. The largest absolute Gasteiger partial charge is 0.356 e. The standard InChI is InChI=1S/C17H26ClNOS/c1-3-5-6-14(4-2)13-19-17(20)11-12-21-16-9-7-15(18)8-10-16/h7-10,14H,3-6,11-13H2,1-2H3,(H,19,20). The zero-order valence-corrected chi connectivity index (χ0v) is 14.6.